The van der Waals surface area contributed by atoms with E-state index in [-0.39, 0.29) is 17.4 Å². The van der Waals surface area contributed by atoms with Crippen LogP contribution in [0.3, 0.4) is 0 Å². The smallest absolute Gasteiger partial charge is 0.264 e. The Hall–Kier alpha value is -3.03. The van der Waals surface area contributed by atoms with E-state index in [1.807, 2.05) is 37.3 Å². The van der Waals surface area contributed by atoms with Gasteiger partial charge in [0.1, 0.15) is 12.3 Å². The Labute approximate surface area is 193 Å². The maximum atomic E-state index is 13.4. The Morgan fingerprint density at radius 3 is 2.22 bits per heavy atom. The molecule has 32 heavy (non-hydrogen) atoms. The molecule has 0 fully saturated rings. The molecule has 3 aromatic carbocycles. The van der Waals surface area contributed by atoms with Gasteiger partial charge in [-0.25, -0.2) is 8.42 Å². The van der Waals surface area contributed by atoms with Crippen LogP contribution >= 0.6 is 11.6 Å². The lowest BCUT2D eigenvalue weighted by molar-refractivity contribution is -0.119. The number of rotatable bonds is 9. The zero-order chi connectivity index (χ0) is 23.1. The first-order valence-corrected chi connectivity index (χ1v) is 11.9. The van der Waals surface area contributed by atoms with Gasteiger partial charge in [-0.15, -0.1) is 0 Å². The molecule has 3 aromatic rings. The Morgan fingerprint density at radius 2 is 1.62 bits per heavy atom. The van der Waals surface area contributed by atoms with E-state index in [1.54, 1.807) is 36.4 Å². The molecule has 0 saturated carbocycles. The van der Waals surface area contributed by atoms with Crippen LogP contribution in [0.4, 0.5) is 5.69 Å². The molecule has 6 nitrogen and oxygen atoms in total. The van der Waals surface area contributed by atoms with Gasteiger partial charge in [-0.3, -0.25) is 9.10 Å². The van der Waals surface area contributed by atoms with Crippen LogP contribution in [0.25, 0.3) is 0 Å². The number of ether oxygens (including phenoxy) is 1. The molecule has 3 rings (SSSR count). The quantitative estimate of drug-likeness (QED) is 0.498. The van der Waals surface area contributed by atoms with E-state index in [0.29, 0.717) is 23.0 Å². The highest BCUT2D eigenvalue weighted by atomic mass is 35.5. The third-order valence-corrected chi connectivity index (χ3v) is 7.06. The molecule has 0 aliphatic rings. The fourth-order valence-electron chi connectivity index (χ4n) is 3.15. The standard InChI is InChI=1S/C24H25ClN2O4S/c1-18(19-6-4-3-5-7-19)16-26-24(28)17-27(21-10-8-20(25)9-11-21)32(29,30)23-14-12-22(31-2)13-15-23/h3-15,18H,16-17H2,1-2H3,(H,26,28)/t18-/m1/s1. The molecule has 0 unspecified atom stereocenters. The summed E-state index contributed by atoms with van der Waals surface area (Å²) in [5, 5.41) is 3.31. The fourth-order valence-corrected chi connectivity index (χ4v) is 4.70. The van der Waals surface area contributed by atoms with Crippen molar-refractivity contribution in [2.45, 2.75) is 17.7 Å². The number of sulfonamides is 1. The minimum absolute atomic E-state index is 0.0544. The first-order valence-electron chi connectivity index (χ1n) is 10.1. The molecule has 0 radical (unpaired) electrons. The van der Waals surface area contributed by atoms with Crippen molar-refractivity contribution in [3.05, 3.63) is 89.4 Å². The van der Waals surface area contributed by atoms with Crippen molar-refractivity contribution in [3.63, 3.8) is 0 Å². The van der Waals surface area contributed by atoms with Crippen molar-refractivity contribution in [2.24, 2.45) is 0 Å². The highest BCUT2D eigenvalue weighted by molar-refractivity contribution is 7.92. The van der Waals surface area contributed by atoms with Gasteiger partial charge >= 0.3 is 0 Å². The van der Waals surface area contributed by atoms with Crippen molar-refractivity contribution in [1.82, 2.24) is 5.32 Å². The number of halogens is 1. The summed E-state index contributed by atoms with van der Waals surface area (Å²) in [7, 11) is -2.50. The molecule has 0 aliphatic heterocycles. The molecule has 0 aromatic heterocycles. The number of amides is 1. The Morgan fingerprint density at radius 1 is 1.00 bits per heavy atom. The van der Waals surface area contributed by atoms with Gasteiger partial charge in [0.05, 0.1) is 17.7 Å². The van der Waals surface area contributed by atoms with Crippen molar-refractivity contribution in [2.75, 3.05) is 24.5 Å². The lowest BCUT2D eigenvalue weighted by Crippen LogP contribution is -2.41. The molecule has 1 atom stereocenters. The predicted octanol–water partition coefficient (Wildman–Crippen LogP) is 4.46. The van der Waals surface area contributed by atoms with Gasteiger partial charge in [0.2, 0.25) is 5.91 Å². The van der Waals surface area contributed by atoms with Gasteiger partial charge < -0.3 is 10.1 Å². The van der Waals surface area contributed by atoms with Crippen LogP contribution in [0, 0.1) is 0 Å². The van der Waals surface area contributed by atoms with Crippen LogP contribution < -0.4 is 14.4 Å². The molecule has 0 spiro atoms. The maximum absolute atomic E-state index is 13.4. The van der Waals surface area contributed by atoms with E-state index < -0.39 is 15.9 Å². The Kier molecular flexibility index (Phi) is 7.77. The molecule has 1 N–H and O–H groups in total. The summed E-state index contributed by atoms with van der Waals surface area (Å²) >= 11 is 5.97. The topological polar surface area (TPSA) is 75.7 Å². The third kappa shape index (κ3) is 5.81. The van der Waals surface area contributed by atoms with Crippen LogP contribution in [-0.2, 0) is 14.8 Å². The Balaban J connectivity index is 1.81. The zero-order valence-electron chi connectivity index (χ0n) is 17.9. The van der Waals surface area contributed by atoms with Crippen molar-refractivity contribution in [1.29, 1.82) is 0 Å². The van der Waals surface area contributed by atoms with Crippen LogP contribution in [0.2, 0.25) is 5.02 Å². The monoisotopic (exact) mass is 472 g/mol. The van der Waals surface area contributed by atoms with Crippen molar-refractivity contribution >= 4 is 33.2 Å². The molecule has 0 bridgehead atoms. The number of hydrogen-bond donors (Lipinski definition) is 1. The van der Waals surface area contributed by atoms with Gasteiger partial charge in [0, 0.05) is 11.6 Å². The summed E-state index contributed by atoms with van der Waals surface area (Å²) in [5.74, 6) is 0.219. The fraction of sp³-hybridized carbons (Fsp3) is 0.208. The highest BCUT2D eigenvalue weighted by Crippen LogP contribution is 2.26. The lowest BCUT2D eigenvalue weighted by Gasteiger charge is -2.24. The highest BCUT2D eigenvalue weighted by Gasteiger charge is 2.27. The van der Waals surface area contributed by atoms with E-state index in [9.17, 15) is 13.2 Å². The molecule has 1 amide bonds. The summed E-state index contributed by atoms with van der Waals surface area (Å²) in [4.78, 5) is 12.8. The van der Waals surface area contributed by atoms with Crippen molar-refractivity contribution < 1.29 is 17.9 Å². The predicted molar refractivity (Wildman–Crippen MR) is 127 cm³/mol. The van der Waals surface area contributed by atoms with Crippen LogP contribution in [0.15, 0.2) is 83.8 Å². The minimum atomic E-state index is -4.00. The van der Waals surface area contributed by atoms with E-state index >= 15 is 0 Å². The number of carbonyl (C=O) groups is 1. The molecular formula is C24H25ClN2O4S. The summed E-state index contributed by atoms with van der Waals surface area (Å²) in [5.41, 5.74) is 1.43. The van der Waals surface area contributed by atoms with E-state index in [0.717, 1.165) is 9.87 Å². The summed E-state index contributed by atoms with van der Waals surface area (Å²) in [6, 6.07) is 22.1. The second kappa shape index (κ2) is 10.5. The first kappa shape index (κ1) is 23.6. The number of hydrogen-bond acceptors (Lipinski definition) is 4. The summed E-state index contributed by atoms with van der Waals surface area (Å²) in [6.07, 6.45) is 0. The van der Waals surface area contributed by atoms with Gasteiger partial charge in [0.15, 0.2) is 0 Å². The number of carbonyl (C=O) groups excluding carboxylic acids is 1. The third-order valence-electron chi connectivity index (χ3n) is 5.02. The normalized spacial score (nSPS) is 12.1. The summed E-state index contributed by atoms with van der Waals surface area (Å²) in [6.45, 7) is 2.03. The number of benzene rings is 3. The number of anilines is 1. The summed E-state index contributed by atoms with van der Waals surface area (Å²) < 4.78 is 33.0. The molecule has 168 valence electrons. The van der Waals surface area contributed by atoms with Crippen molar-refractivity contribution in [3.8, 4) is 5.75 Å². The average Bonchev–Trinajstić information content (AvgIpc) is 2.82. The van der Waals surface area contributed by atoms with E-state index in [4.69, 9.17) is 16.3 Å². The molecular weight excluding hydrogens is 448 g/mol. The zero-order valence-corrected chi connectivity index (χ0v) is 19.4. The second-order valence-corrected chi connectivity index (χ2v) is 9.58. The van der Waals surface area contributed by atoms with Gasteiger partial charge in [-0.2, -0.15) is 0 Å². The number of nitrogens with one attached hydrogen (secondary N) is 1. The minimum Gasteiger partial charge on any atom is -0.497 e. The van der Waals surface area contributed by atoms with Crippen LogP contribution in [-0.4, -0.2) is 34.5 Å². The first-order chi connectivity index (χ1) is 15.3. The van der Waals surface area contributed by atoms with Gasteiger partial charge in [0.25, 0.3) is 10.0 Å². The number of methoxy groups -OCH3 is 1. The van der Waals surface area contributed by atoms with Gasteiger partial charge in [-0.05, 0) is 60.0 Å². The van der Waals surface area contributed by atoms with Gasteiger partial charge in [-0.1, -0.05) is 48.9 Å². The Bertz CT molecular complexity index is 1130. The largest absolute Gasteiger partial charge is 0.497 e. The van der Waals surface area contributed by atoms with Crippen LogP contribution in [0.5, 0.6) is 5.75 Å². The maximum Gasteiger partial charge on any atom is 0.264 e. The number of nitrogens with zero attached hydrogens (tertiary/aromatic N) is 1. The van der Waals surface area contributed by atoms with E-state index in [2.05, 4.69) is 5.32 Å². The average molecular weight is 473 g/mol. The lowest BCUT2D eigenvalue weighted by atomic mass is 10.0. The van der Waals surface area contributed by atoms with Crippen LogP contribution in [0.1, 0.15) is 18.4 Å². The molecule has 0 saturated heterocycles. The van der Waals surface area contributed by atoms with E-state index in [1.165, 1.54) is 19.2 Å². The molecule has 0 aliphatic carbocycles. The second-order valence-electron chi connectivity index (χ2n) is 7.28. The molecule has 0 heterocycles. The molecule has 8 heteroatoms. The SMILES string of the molecule is COc1ccc(S(=O)(=O)N(CC(=O)NC[C@@H](C)c2ccccc2)c2ccc(Cl)cc2)cc1.